The van der Waals surface area contributed by atoms with E-state index in [0.29, 0.717) is 55.1 Å². The number of hydrogen-bond donors (Lipinski definition) is 1. The topological polar surface area (TPSA) is 159 Å². The van der Waals surface area contributed by atoms with Crippen LogP contribution in [-0.2, 0) is 26.1 Å². The molecule has 0 aliphatic carbocycles. The largest absolute Gasteiger partial charge is 0.494 e. The van der Waals surface area contributed by atoms with E-state index in [1.807, 2.05) is 11.5 Å². The van der Waals surface area contributed by atoms with Crippen molar-refractivity contribution in [1.29, 1.82) is 0 Å². The van der Waals surface area contributed by atoms with E-state index < -0.39 is 14.9 Å². The number of sulfonamides is 1. The molecule has 202 valence electrons. The Morgan fingerprint density at radius 3 is 2.53 bits per heavy atom. The van der Waals surface area contributed by atoms with Crippen molar-refractivity contribution in [2.24, 2.45) is 0 Å². The second-order valence-electron chi connectivity index (χ2n) is 8.07. The van der Waals surface area contributed by atoms with Gasteiger partial charge in [-0.25, -0.2) is 8.42 Å². The Bertz CT molecular complexity index is 1420. The van der Waals surface area contributed by atoms with E-state index in [1.165, 1.54) is 41.4 Å². The molecule has 13 nitrogen and oxygen atoms in total. The van der Waals surface area contributed by atoms with Crippen LogP contribution in [0.2, 0.25) is 0 Å². The van der Waals surface area contributed by atoms with E-state index in [0.717, 1.165) is 0 Å². The van der Waals surface area contributed by atoms with Crippen LogP contribution in [0.3, 0.4) is 0 Å². The molecular weight excluding hydrogens is 536 g/mol. The number of anilines is 1. The van der Waals surface area contributed by atoms with E-state index in [2.05, 4.69) is 15.5 Å². The maximum Gasteiger partial charge on any atom is 0.273 e. The van der Waals surface area contributed by atoms with E-state index >= 15 is 0 Å². The standard InChI is InChI=1S/C23H26N6O7S2/c1-3-28-22(16-4-7-18(8-5-16)38(33,34)27-10-12-36-13-11-27)25-26-23(28)37-15-21(30)24-19-9-6-17(29(31)32)14-20(19)35-2/h4-9,14H,3,10-13,15H2,1-2H3,(H,24,30). The zero-order chi connectivity index (χ0) is 27.3. The summed E-state index contributed by atoms with van der Waals surface area (Å²) in [5.74, 6) is 0.375. The van der Waals surface area contributed by atoms with Crippen molar-refractivity contribution in [3.63, 3.8) is 0 Å². The molecule has 2 heterocycles. The van der Waals surface area contributed by atoms with Crippen molar-refractivity contribution in [2.75, 3.05) is 44.5 Å². The Morgan fingerprint density at radius 1 is 1.18 bits per heavy atom. The molecule has 1 aliphatic heterocycles. The third-order valence-corrected chi connectivity index (χ3v) is 8.64. The molecule has 1 N–H and O–H groups in total. The minimum absolute atomic E-state index is 0.00893. The summed E-state index contributed by atoms with van der Waals surface area (Å²) in [4.78, 5) is 23.2. The Kier molecular flexibility index (Phi) is 8.61. The minimum atomic E-state index is -3.61. The number of benzene rings is 2. The smallest absolute Gasteiger partial charge is 0.273 e. The normalized spacial score (nSPS) is 14.3. The molecule has 1 amide bonds. The van der Waals surface area contributed by atoms with Gasteiger partial charge in [0, 0.05) is 31.3 Å². The fraction of sp³-hybridized carbons (Fsp3) is 0.348. The molecule has 1 fully saturated rings. The van der Waals surface area contributed by atoms with Crippen LogP contribution in [0.4, 0.5) is 11.4 Å². The lowest BCUT2D eigenvalue weighted by atomic mass is 10.2. The van der Waals surface area contributed by atoms with Crippen LogP contribution in [0.5, 0.6) is 5.75 Å². The summed E-state index contributed by atoms with van der Waals surface area (Å²) in [5.41, 5.74) is 0.852. The number of amides is 1. The number of ether oxygens (including phenoxy) is 2. The number of morpholine rings is 1. The number of hydrogen-bond acceptors (Lipinski definition) is 10. The van der Waals surface area contributed by atoms with Crippen LogP contribution >= 0.6 is 11.8 Å². The molecular formula is C23H26N6O7S2. The van der Waals surface area contributed by atoms with Crippen LogP contribution < -0.4 is 10.1 Å². The number of nitrogens with one attached hydrogen (secondary N) is 1. The predicted octanol–water partition coefficient (Wildman–Crippen LogP) is 2.63. The molecule has 15 heteroatoms. The van der Waals surface area contributed by atoms with Crippen LogP contribution in [0.15, 0.2) is 52.5 Å². The van der Waals surface area contributed by atoms with Crippen molar-refractivity contribution in [3.8, 4) is 17.1 Å². The average molecular weight is 563 g/mol. The molecule has 0 bridgehead atoms. The number of carbonyl (C=O) groups excluding carboxylic acids is 1. The van der Waals surface area contributed by atoms with Crippen molar-refractivity contribution in [2.45, 2.75) is 23.5 Å². The summed E-state index contributed by atoms with van der Waals surface area (Å²) >= 11 is 1.18. The van der Waals surface area contributed by atoms with Gasteiger partial charge in [-0.2, -0.15) is 4.31 Å². The third kappa shape index (κ3) is 5.96. The van der Waals surface area contributed by atoms with Crippen LogP contribution in [0.1, 0.15) is 6.92 Å². The molecule has 38 heavy (non-hydrogen) atoms. The fourth-order valence-electron chi connectivity index (χ4n) is 3.82. The Labute approximate surface area is 223 Å². The monoisotopic (exact) mass is 562 g/mol. The predicted molar refractivity (Wildman–Crippen MR) is 140 cm³/mol. The fourth-order valence-corrected chi connectivity index (χ4v) is 6.03. The number of thioether (sulfide) groups is 1. The van der Waals surface area contributed by atoms with Crippen molar-refractivity contribution in [3.05, 3.63) is 52.6 Å². The maximum atomic E-state index is 12.9. The molecule has 0 radical (unpaired) electrons. The van der Waals surface area contributed by atoms with Crippen molar-refractivity contribution >= 4 is 39.1 Å². The summed E-state index contributed by atoms with van der Waals surface area (Å²) in [7, 11) is -2.25. The highest BCUT2D eigenvalue weighted by atomic mass is 32.2. The number of methoxy groups -OCH3 is 1. The first-order chi connectivity index (χ1) is 18.2. The second-order valence-corrected chi connectivity index (χ2v) is 11.0. The highest BCUT2D eigenvalue weighted by molar-refractivity contribution is 7.99. The lowest BCUT2D eigenvalue weighted by molar-refractivity contribution is -0.384. The van der Waals surface area contributed by atoms with Gasteiger partial charge in [0.05, 0.1) is 47.6 Å². The summed E-state index contributed by atoms with van der Waals surface area (Å²) in [5, 5.41) is 22.6. The highest BCUT2D eigenvalue weighted by Crippen LogP contribution is 2.30. The molecule has 4 rings (SSSR count). The van der Waals surface area contributed by atoms with E-state index in [4.69, 9.17) is 9.47 Å². The molecule has 0 saturated carbocycles. The van der Waals surface area contributed by atoms with Crippen LogP contribution in [-0.4, -0.2) is 77.5 Å². The Hall–Kier alpha value is -3.53. The Morgan fingerprint density at radius 2 is 1.89 bits per heavy atom. The number of rotatable bonds is 10. The van der Waals surface area contributed by atoms with Gasteiger partial charge in [-0.3, -0.25) is 14.9 Å². The summed E-state index contributed by atoms with van der Waals surface area (Å²) in [6, 6.07) is 10.4. The first-order valence-corrected chi connectivity index (χ1v) is 14.0. The molecule has 0 spiro atoms. The quantitative estimate of drug-likeness (QED) is 0.221. The van der Waals surface area contributed by atoms with Crippen molar-refractivity contribution in [1.82, 2.24) is 19.1 Å². The molecule has 0 atom stereocenters. The van der Waals surface area contributed by atoms with Gasteiger partial charge < -0.3 is 19.4 Å². The SMILES string of the molecule is CCn1c(SCC(=O)Nc2ccc([N+](=O)[O-])cc2OC)nnc1-c1ccc(S(=O)(=O)N2CCOCC2)cc1. The number of nitro benzene ring substituents is 1. The van der Waals surface area contributed by atoms with Crippen LogP contribution in [0.25, 0.3) is 11.4 Å². The molecule has 3 aromatic rings. The van der Waals surface area contributed by atoms with Gasteiger partial charge in [0.2, 0.25) is 15.9 Å². The average Bonchev–Trinajstić information content (AvgIpc) is 3.35. The molecule has 1 aliphatic rings. The zero-order valence-corrected chi connectivity index (χ0v) is 22.3. The molecule has 1 saturated heterocycles. The number of nitro groups is 1. The second kappa shape index (κ2) is 11.9. The van der Waals surface area contributed by atoms with Gasteiger partial charge in [0.25, 0.3) is 5.69 Å². The number of aromatic nitrogens is 3. The lowest BCUT2D eigenvalue weighted by Crippen LogP contribution is -2.40. The maximum absolute atomic E-state index is 12.9. The first kappa shape index (κ1) is 27.5. The first-order valence-electron chi connectivity index (χ1n) is 11.6. The zero-order valence-electron chi connectivity index (χ0n) is 20.7. The van der Waals surface area contributed by atoms with Gasteiger partial charge in [-0.1, -0.05) is 11.8 Å². The van der Waals surface area contributed by atoms with E-state index in [1.54, 1.807) is 24.3 Å². The van der Waals surface area contributed by atoms with Gasteiger partial charge in [-0.15, -0.1) is 10.2 Å². The summed E-state index contributed by atoms with van der Waals surface area (Å²) < 4.78 is 39.4. The Balaban J connectivity index is 1.44. The highest BCUT2D eigenvalue weighted by Gasteiger charge is 2.26. The molecule has 0 unspecified atom stereocenters. The number of nitrogens with zero attached hydrogens (tertiary/aromatic N) is 5. The van der Waals surface area contributed by atoms with Gasteiger partial charge >= 0.3 is 0 Å². The van der Waals surface area contributed by atoms with Crippen molar-refractivity contribution < 1.29 is 27.6 Å². The van der Waals surface area contributed by atoms with Gasteiger partial charge in [-0.05, 0) is 37.3 Å². The molecule has 1 aromatic heterocycles. The van der Waals surface area contributed by atoms with Crippen LogP contribution in [0, 0.1) is 10.1 Å². The van der Waals surface area contributed by atoms with E-state index in [9.17, 15) is 23.3 Å². The third-order valence-electron chi connectivity index (χ3n) is 5.76. The number of non-ortho nitro benzene ring substituents is 1. The molecule has 2 aromatic carbocycles. The minimum Gasteiger partial charge on any atom is -0.494 e. The van der Waals surface area contributed by atoms with Gasteiger partial charge in [0.1, 0.15) is 5.75 Å². The van der Waals surface area contributed by atoms with E-state index in [-0.39, 0.29) is 28.0 Å². The lowest BCUT2D eigenvalue weighted by Gasteiger charge is -2.26. The number of carbonyl (C=O) groups is 1. The van der Waals surface area contributed by atoms with Gasteiger partial charge in [0.15, 0.2) is 11.0 Å². The summed E-state index contributed by atoms with van der Waals surface area (Å²) in [6.45, 7) is 3.82. The summed E-state index contributed by atoms with van der Waals surface area (Å²) in [6.07, 6.45) is 0.